The topological polar surface area (TPSA) is 64.5 Å². The van der Waals surface area contributed by atoms with Gasteiger partial charge in [-0.1, -0.05) is 53.4 Å². The van der Waals surface area contributed by atoms with E-state index in [1.165, 1.54) is 77.5 Å². The predicted octanol–water partition coefficient (Wildman–Crippen LogP) is 4.37. The summed E-state index contributed by atoms with van der Waals surface area (Å²) in [7, 11) is 0. The van der Waals surface area contributed by atoms with Gasteiger partial charge in [-0.2, -0.15) is 0 Å². The van der Waals surface area contributed by atoms with Crippen LogP contribution in [0.3, 0.4) is 0 Å². The molecule has 0 aromatic carbocycles. The minimum atomic E-state index is 1.20. The zero-order chi connectivity index (χ0) is 15.9. The highest BCUT2D eigenvalue weighted by Gasteiger charge is 1.84. The van der Waals surface area contributed by atoms with Crippen LogP contribution < -0.4 is 10.6 Å². The van der Waals surface area contributed by atoms with Crippen LogP contribution in [0.2, 0.25) is 0 Å². The normalized spacial score (nSPS) is 9.30. The molecule has 4 nitrogen and oxygen atoms in total. The van der Waals surface area contributed by atoms with Crippen molar-refractivity contribution in [1.29, 1.82) is 0 Å². The third-order valence-electron chi connectivity index (χ3n) is 2.83. The third kappa shape index (κ3) is 36.1. The van der Waals surface area contributed by atoms with E-state index in [0.717, 1.165) is 0 Å². The molecule has 0 fully saturated rings. The van der Waals surface area contributed by atoms with Gasteiger partial charge < -0.3 is 10.6 Å². The van der Waals surface area contributed by atoms with E-state index >= 15 is 0 Å². The van der Waals surface area contributed by atoms with Crippen LogP contribution in [0.25, 0.3) is 0 Å². The predicted molar refractivity (Wildman–Crippen MR) is 90.6 cm³/mol. The first kappa shape index (κ1) is 24.8. The molecule has 0 atom stereocenters. The molecule has 0 aliphatic rings. The Hall–Kier alpha value is -0.160. The first-order chi connectivity index (χ1) is 9.83. The standard InChI is InChI=1S/2C8H19N.H2O2/c2*1-3-5-7-9-8-6-4-2;1-2/h2*9H,3-8H2,1-2H3;1-2H. The van der Waals surface area contributed by atoms with Gasteiger partial charge in [0.2, 0.25) is 0 Å². The van der Waals surface area contributed by atoms with Gasteiger partial charge >= 0.3 is 0 Å². The zero-order valence-corrected chi connectivity index (χ0v) is 14.4. The molecule has 0 rings (SSSR count). The highest BCUT2D eigenvalue weighted by atomic mass is 17.0. The SMILES string of the molecule is CCCCNCCCC.CCCCNCCCC.OO. The van der Waals surface area contributed by atoms with Gasteiger partial charge in [0.15, 0.2) is 0 Å². The minimum Gasteiger partial charge on any atom is -0.317 e. The second kappa shape index (κ2) is 31.3. The third-order valence-corrected chi connectivity index (χ3v) is 2.83. The molecule has 4 heteroatoms. The highest BCUT2D eigenvalue weighted by molar-refractivity contribution is 4.46. The lowest BCUT2D eigenvalue weighted by Gasteiger charge is -1.99. The number of hydrogen-bond donors (Lipinski definition) is 4. The van der Waals surface area contributed by atoms with Crippen molar-refractivity contribution in [3.05, 3.63) is 0 Å². The Kier molecular flexibility index (Phi) is 38.9. The summed E-state index contributed by atoms with van der Waals surface area (Å²) in [4.78, 5) is 0. The molecular weight excluding hydrogens is 252 g/mol. The van der Waals surface area contributed by atoms with E-state index in [0.29, 0.717) is 0 Å². The molecule has 0 aliphatic carbocycles. The molecule has 126 valence electrons. The van der Waals surface area contributed by atoms with Crippen molar-refractivity contribution in [3.8, 4) is 0 Å². The fraction of sp³-hybridized carbons (Fsp3) is 1.00. The summed E-state index contributed by atoms with van der Waals surface area (Å²) in [5.41, 5.74) is 0. The van der Waals surface area contributed by atoms with Crippen molar-refractivity contribution in [3.63, 3.8) is 0 Å². The largest absolute Gasteiger partial charge is 0.317 e. The van der Waals surface area contributed by atoms with Crippen LogP contribution in [0.15, 0.2) is 0 Å². The quantitative estimate of drug-likeness (QED) is 0.245. The second-order valence-electron chi connectivity index (χ2n) is 4.91. The monoisotopic (exact) mass is 292 g/mol. The van der Waals surface area contributed by atoms with Crippen molar-refractivity contribution >= 4 is 0 Å². The molecule has 0 aromatic heterocycles. The lowest BCUT2D eigenvalue weighted by Crippen LogP contribution is -2.15. The number of unbranched alkanes of at least 4 members (excludes halogenated alkanes) is 4. The van der Waals surface area contributed by atoms with Gasteiger partial charge in [0.05, 0.1) is 0 Å². The van der Waals surface area contributed by atoms with E-state index in [2.05, 4.69) is 38.3 Å². The molecule has 20 heavy (non-hydrogen) atoms. The van der Waals surface area contributed by atoms with Gasteiger partial charge in [-0.05, 0) is 51.9 Å². The van der Waals surface area contributed by atoms with Gasteiger partial charge in [-0.3, -0.25) is 10.5 Å². The average Bonchev–Trinajstić information content (AvgIpc) is 2.50. The van der Waals surface area contributed by atoms with Crippen LogP contribution in [0, 0.1) is 0 Å². The lowest BCUT2D eigenvalue weighted by atomic mass is 10.3. The molecule has 0 unspecified atom stereocenters. The molecule has 0 saturated carbocycles. The van der Waals surface area contributed by atoms with Crippen LogP contribution in [-0.2, 0) is 0 Å². The zero-order valence-electron chi connectivity index (χ0n) is 14.4. The van der Waals surface area contributed by atoms with Gasteiger partial charge in [0, 0.05) is 0 Å². The Morgan fingerprint density at radius 3 is 0.850 bits per heavy atom. The van der Waals surface area contributed by atoms with Gasteiger partial charge in [0.1, 0.15) is 0 Å². The molecular formula is C16H40N2O2. The van der Waals surface area contributed by atoms with Gasteiger partial charge in [0.25, 0.3) is 0 Å². The van der Waals surface area contributed by atoms with Crippen LogP contribution in [0.5, 0.6) is 0 Å². The van der Waals surface area contributed by atoms with Crippen LogP contribution in [0.4, 0.5) is 0 Å². The Balaban J connectivity index is -0.000000257. The Morgan fingerprint density at radius 1 is 0.500 bits per heavy atom. The van der Waals surface area contributed by atoms with Gasteiger partial charge in [-0.15, -0.1) is 0 Å². The summed E-state index contributed by atoms with van der Waals surface area (Å²) in [6, 6.07) is 0. The number of nitrogens with one attached hydrogen (secondary N) is 2. The molecule has 0 heterocycles. The van der Waals surface area contributed by atoms with Crippen LogP contribution >= 0.6 is 0 Å². The Labute approximate surface area is 127 Å². The molecule has 0 amide bonds. The van der Waals surface area contributed by atoms with E-state index in [4.69, 9.17) is 10.5 Å². The molecule has 4 N–H and O–H groups in total. The molecule has 0 aliphatic heterocycles. The van der Waals surface area contributed by atoms with Crippen molar-refractivity contribution in [2.24, 2.45) is 0 Å². The molecule has 0 aromatic rings. The summed E-state index contributed by atoms with van der Waals surface area (Å²) < 4.78 is 0. The van der Waals surface area contributed by atoms with E-state index in [9.17, 15) is 0 Å². The Morgan fingerprint density at radius 2 is 0.700 bits per heavy atom. The summed E-state index contributed by atoms with van der Waals surface area (Å²) in [5, 5.41) is 18.8. The van der Waals surface area contributed by atoms with Crippen molar-refractivity contribution < 1.29 is 10.5 Å². The maximum atomic E-state index is 6.00. The minimum absolute atomic E-state index is 1.20. The second-order valence-corrected chi connectivity index (χ2v) is 4.91. The van der Waals surface area contributed by atoms with Crippen molar-refractivity contribution in [2.45, 2.75) is 79.1 Å². The molecule has 0 spiro atoms. The van der Waals surface area contributed by atoms with E-state index in [1.807, 2.05) is 0 Å². The molecule has 0 radical (unpaired) electrons. The lowest BCUT2D eigenvalue weighted by molar-refractivity contribution is -0.176. The first-order valence-electron chi connectivity index (χ1n) is 8.44. The van der Waals surface area contributed by atoms with E-state index in [1.54, 1.807) is 0 Å². The average molecular weight is 293 g/mol. The fourth-order valence-electron chi connectivity index (χ4n) is 1.46. The summed E-state index contributed by atoms with van der Waals surface area (Å²) in [5.74, 6) is 0. The van der Waals surface area contributed by atoms with E-state index < -0.39 is 0 Å². The summed E-state index contributed by atoms with van der Waals surface area (Å²) in [6.45, 7) is 13.7. The maximum Gasteiger partial charge on any atom is -0.00490 e. The van der Waals surface area contributed by atoms with Crippen LogP contribution in [0.1, 0.15) is 79.1 Å². The van der Waals surface area contributed by atoms with Gasteiger partial charge in [-0.25, -0.2) is 0 Å². The summed E-state index contributed by atoms with van der Waals surface area (Å²) >= 11 is 0. The van der Waals surface area contributed by atoms with Crippen molar-refractivity contribution in [1.82, 2.24) is 10.6 Å². The van der Waals surface area contributed by atoms with Crippen LogP contribution in [-0.4, -0.2) is 36.7 Å². The molecule has 0 bridgehead atoms. The van der Waals surface area contributed by atoms with Crippen molar-refractivity contribution in [2.75, 3.05) is 26.2 Å². The molecule has 0 saturated heterocycles. The highest BCUT2D eigenvalue weighted by Crippen LogP contribution is 1.86. The fourth-order valence-corrected chi connectivity index (χ4v) is 1.46. The summed E-state index contributed by atoms with van der Waals surface area (Å²) in [6.07, 6.45) is 10.5. The Bertz CT molecular complexity index is 99.0. The number of hydrogen-bond acceptors (Lipinski definition) is 4. The first-order valence-corrected chi connectivity index (χ1v) is 8.44. The number of rotatable bonds is 12. The maximum absolute atomic E-state index is 6.00. The van der Waals surface area contributed by atoms with E-state index in [-0.39, 0.29) is 0 Å². The smallest absolute Gasteiger partial charge is 0.00490 e.